The zero-order chi connectivity index (χ0) is 86.9. The van der Waals surface area contributed by atoms with E-state index in [1.165, 1.54) is 83.5 Å². The summed E-state index contributed by atoms with van der Waals surface area (Å²) in [6.45, 7) is 23.1. The molecule has 0 N–H and O–H groups in total. The summed E-state index contributed by atoms with van der Waals surface area (Å²) < 4.78 is 26.2. The monoisotopic (exact) mass is 1670 g/mol. The van der Waals surface area contributed by atoms with Crippen LogP contribution < -0.4 is 0 Å². The van der Waals surface area contributed by atoms with Crippen LogP contribution in [0.25, 0.3) is 222 Å². The first-order chi connectivity index (χ1) is 62.8. The summed E-state index contributed by atoms with van der Waals surface area (Å²) in [7, 11) is 0. The summed E-state index contributed by atoms with van der Waals surface area (Å²) in [5, 5.41) is 9.31. The topological polar surface area (TPSA) is 169 Å². The third-order valence-corrected chi connectivity index (χ3v) is 28.5. The van der Waals surface area contributed by atoms with E-state index in [0.717, 1.165) is 144 Å². The van der Waals surface area contributed by atoms with Crippen LogP contribution in [-0.4, -0.2) is 44.9 Å². The number of hydrogen-bond acceptors (Lipinski definition) is 13. The van der Waals surface area contributed by atoms with E-state index in [0.29, 0.717) is 39.9 Å². The molecule has 27 rings (SSSR count). The minimum absolute atomic E-state index is 0.00871. The number of fused-ring (bicyclic) bond motifs is 28. The van der Waals surface area contributed by atoms with Gasteiger partial charge in [-0.05, 0) is 156 Å². The molecule has 1 unspecified atom stereocenters. The lowest BCUT2D eigenvalue weighted by atomic mass is 9.62. The van der Waals surface area contributed by atoms with Gasteiger partial charge in [-0.25, -0.2) is 34.9 Å². The third-order valence-electron chi connectivity index (χ3n) is 28.5. The SMILES string of the molecule is CC(C)(C)C1(C)c2ccccc2-c2cc3c(cc21)oc1cncc(-c2nc(-c4ccccc4)c4oc5ccccc5c4n2)c13.CC1(C)c2ccccc2-c2c1ccc1oc3c(-c4nc(-c5ccccc5)c5ccccc5n4)nccc3c21.CC1(C)c2ccccc2-c2ccc(-c3nc(-c4cccc5c4oc4ccc6c(c45)-c4ncccc4C6(C)C)nc4ccccc34)cc21. The fraction of sp³-hybridized carbons (Fsp3) is 0.129. The van der Waals surface area contributed by atoms with Crippen LogP contribution in [0.1, 0.15) is 114 Å². The number of furan rings is 4. The molecule has 4 aliphatic carbocycles. The van der Waals surface area contributed by atoms with Crippen molar-refractivity contribution >= 4 is 110 Å². The van der Waals surface area contributed by atoms with Crippen LogP contribution >= 0.6 is 0 Å². The van der Waals surface area contributed by atoms with Gasteiger partial charge in [-0.15, -0.1) is 0 Å². The van der Waals surface area contributed by atoms with E-state index in [-0.39, 0.29) is 27.1 Å². The number of rotatable bonds is 6. The Kier molecular flexibility index (Phi) is 16.2. The van der Waals surface area contributed by atoms with Crippen LogP contribution in [0, 0.1) is 5.41 Å². The fourth-order valence-electron chi connectivity index (χ4n) is 21.7. The summed E-state index contributed by atoms with van der Waals surface area (Å²) in [6, 6.07) is 104. The van der Waals surface area contributed by atoms with Gasteiger partial charge in [-0.2, -0.15) is 0 Å². The highest BCUT2D eigenvalue weighted by molar-refractivity contribution is 6.20. The van der Waals surface area contributed by atoms with Gasteiger partial charge < -0.3 is 17.7 Å². The Morgan fingerprint density at radius 2 is 0.783 bits per heavy atom. The molecular weight excluding hydrogens is 1580 g/mol. The van der Waals surface area contributed by atoms with Gasteiger partial charge in [0.2, 0.25) is 0 Å². The van der Waals surface area contributed by atoms with Crippen LogP contribution in [0.2, 0.25) is 0 Å². The molecule has 0 amide bonds. The van der Waals surface area contributed by atoms with Crippen molar-refractivity contribution in [3.8, 4) is 113 Å². The average Bonchev–Trinajstić information content (AvgIpc) is 1.54. The number of benzene rings is 13. The van der Waals surface area contributed by atoms with E-state index in [1.54, 1.807) is 6.20 Å². The Morgan fingerprint density at radius 3 is 1.52 bits per heavy atom. The molecule has 0 bridgehead atoms. The minimum atomic E-state index is -0.172. The van der Waals surface area contributed by atoms with E-state index in [1.807, 2.05) is 110 Å². The Balaban J connectivity index is 0.000000105. The number of hydrogen-bond donors (Lipinski definition) is 0. The molecule has 616 valence electrons. The summed E-state index contributed by atoms with van der Waals surface area (Å²) in [5.41, 5.74) is 36.7. The summed E-state index contributed by atoms with van der Waals surface area (Å²) >= 11 is 0. The lowest BCUT2D eigenvalue weighted by Gasteiger charge is -2.40. The molecule has 0 aliphatic heterocycles. The molecule has 10 heterocycles. The van der Waals surface area contributed by atoms with Crippen molar-refractivity contribution in [2.24, 2.45) is 5.41 Å². The number of pyridine rings is 3. The molecule has 0 radical (unpaired) electrons. The molecule has 129 heavy (non-hydrogen) atoms. The molecule has 13 aromatic carbocycles. The highest BCUT2D eigenvalue weighted by Gasteiger charge is 2.49. The van der Waals surface area contributed by atoms with Crippen LogP contribution in [0.5, 0.6) is 0 Å². The van der Waals surface area contributed by atoms with Gasteiger partial charge in [-0.1, -0.05) is 294 Å². The molecule has 23 aromatic rings. The van der Waals surface area contributed by atoms with Crippen LogP contribution in [0.4, 0.5) is 0 Å². The Hall–Kier alpha value is -15.7. The van der Waals surface area contributed by atoms with Crippen LogP contribution in [0.3, 0.4) is 0 Å². The second-order valence-corrected chi connectivity index (χ2v) is 37.5. The number of nitrogens with zero attached hydrogens (tertiary/aromatic N) is 9. The standard InChI is InChI=1S/C43H31N3O.C39H29N3O2.C34H23N3O/c1-42(2)30-15-7-5-11-25(30)26-19-18-24(23-33(26)42)38-27-12-6-8-17-34(27)45-41(46-38)29-14-9-13-28-36-35(47-40(28)29)21-20-31-37(36)39-32(43(31,3)4)16-10-22-44-39;1-38(2,3)39(4)28-16-10-8-14-23(28)25-18-26-31(19-29(25)39)43-32-21-40-20-27(33(26)32)37-41-34(22-12-6-5-7-13-22)36-35(42-37)24-15-9-11-17-30(24)44-36;1-34(2)24-14-8-6-12-21(24)28-25(34)16-17-27-29(28)23-18-19-35-31(32(23)38-27)33-36-26-15-9-7-13-22(26)30(37-33)20-10-4-3-5-11-20/h5-23H,1-4H3;5-21H,1-4H3;3-19H,1-2H3. The maximum absolute atomic E-state index is 6.72. The fourth-order valence-corrected chi connectivity index (χ4v) is 21.7. The normalized spacial score (nSPS) is 15.1. The van der Waals surface area contributed by atoms with E-state index in [9.17, 15) is 0 Å². The quantitative estimate of drug-likeness (QED) is 0.154. The van der Waals surface area contributed by atoms with Crippen molar-refractivity contribution in [2.75, 3.05) is 0 Å². The lowest BCUT2D eigenvalue weighted by molar-refractivity contribution is 0.255. The largest absolute Gasteiger partial charge is 0.455 e. The molecule has 4 aliphatic rings. The summed E-state index contributed by atoms with van der Waals surface area (Å²) in [4.78, 5) is 45.0. The second kappa shape index (κ2) is 27.6. The van der Waals surface area contributed by atoms with Crippen molar-refractivity contribution < 1.29 is 17.7 Å². The maximum Gasteiger partial charge on any atom is 0.183 e. The molecule has 0 saturated carbocycles. The first kappa shape index (κ1) is 75.8. The van der Waals surface area contributed by atoms with Gasteiger partial charge in [0.25, 0.3) is 0 Å². The predicted molar refractivity (Wildman–Crippen MR) is 520 cm³/mol. The van der Waals surface area contributed by atoms with E-state index in [4.69, 9.17) is 57.5 Å². The lowest BCUT2D eigenvalue weighted by Crippen LogP contribution is -2.36. The maximum atomic E-state index is 6.72. The van der Waals surface area contributed by atoms with Gasteiger partial charge in [0.05, 0.1) is 39.9 Å². The summed E-state index contributed by atoms with van der Waals surface area (Å²) in [6.07, 6.45) is 7.39. The first-order valence-corrected chi connectivity index (χ1v) is 44.2. The molecule has 13 heteroatoms. The van der Waals surface area contributed by atoms with Crippen molar-refractivity contribution in [3.63, 3.8) is 0 Å². The van der Waals surface area contributed by atoms with E-state index in [2.05, 4.69) is 280 Å². The van der Waals surface area contributed by atoms with E-state index >= 15 is 0 Å². The highest BCUT2D eigenvalue weighted by Crippen LogP contribution is 2.60. The Bertz CT molecular complexity index is 8750. The van der Waals surface area contributed by atoms with Gasteiger partial charge >= 0.3 is 0 Å². The molecule has 0 spiro atoms. The van der Waals surface area contributed by atoms with Gasteiger partial charge in [-0.3, -0.25) is 9.97 Å². The van der Waals surface area contributed by atoms with Crippen molar-refractivity contribution in [1.82, 2.24) is 44.9 Å². The predicted octanol–water partition coefficient (Wildman–Crippen LogP) is 29.8. The molecule has 0 fully saturated rings. The van der Waals surface area contributed by atoms with Gasteiger partial charge in [0.15, 0.2) is 39.9 Å². The molecular formula is C116H83N9O4. The highest BCUT2D eigenvalue weighted by atomic mass is 16.3. The van der Waals surface area contributed by atoms with E-state index < -0.39 is 0 Å². The number of para-hydroxylation sites is 4. The number of aromatic nitrogens is 9. The minimum Gasteiger partial charge on any atom is -0.455 e. The zero-order valence-corrected chi connectivity index (χ0v) is 72.8. The third kappa shape index (κ3) is 11.1. The zero-order valence-electron chi connectivity index (χ0n) is 72.8. The van der Waals surface area contributed by atoms with Crippen molar-refractivity contribution in [1.29, 1.82) is 0 Å². The van der Waals surface area contributed by atoms with Crippen LogP contribution in [0.15, 0.2) is 340 Å². The van der Waals surface area contributed by atoms with Crippen molar-refractivity contribution in [2.45, 2.75) is 90.9 Å². The van der Waals surface area contributed by atoms with Crippen LogP contribution in [-0.2, 0) is 21.7 Å². The summed E-state index contributed by atoms with van der Waals surface area (Å²) in [5.74, 6) is 1.80. The molecule has 13 nitrogen and oxygen atoms in total. The van der Waals surface area contributed by atoms with Crippen molar-refractivity contribution in [3.05, 3.63) is 367 Å². The van der Waals surface area contributed by atoms with Gasteiger partial charge in [0, 0.05) is 117 Å². The Morgan fingerprint density at radius 1 is 0.256 bits per heavy atom. The second-order valence-electron chi connectivity index (χ2n) is 37.5. The average molecular weight is 1670 g/mol. The first-order valence-electron chi connectivity index (χ1n) is 44.2. The smallest absolute Gasteiger partial charge is 0.183 e. The molecule has 0 saturated heterocycles. The Labute approximate surface area is 743 Å². The molecule has 1 atom stereocenters. The van der Waals surface area contributed by atoms with Gasteiger partial charge in [0.1, 0.15) is 39.1 Å². The molecule has 10 aromatic heterocycles.